The predicted octanol–water partition coefficient (Wildman–Crippen LogP) is -2.08. The predicted molar refractivity (Wildman–Crippen MR) is 41.8 cm³/mol. The molecule has 64 valence electrons. The van der Waals surface area contributed by atoms with Crippen LogP contribution in [0, 0.1) is 5.41 Å². The van der Waals surface area contributed by atoms with Crippen molar-refractivity contribution in [2.75, 3.05) is 17.5 Å². The molecule has 1 N–H and O–H groups in total. The molecule has 3 heteroatoms. The van der Waals surface area contributed by atoms with Crippen molar-refractivity contribution in [3.05, 3.63) is 0 Å². The van der Waals surface area contributed by atoms with Crippen LogP contribution in [0.1, 0.15) is 19.3 Å². The molecule has 2 fully saturated rings. The Balaban J connectivity index is 1.86. The Labute approximate surface area is 78.1 Å². The van der Waals surface area contributed by atoms with E-state index in [0.29, 0.717) is 21.2 Å². The summed E-state index contributed by atoms with van der Waals surface area (Å²) >= 11 is 0.441. The Morgan fingerprint density at radius 2 is 1.91 bits per heavy atom. The van der Waals surface area contributed by atoms with E-state index < -0.39 is 0 Å². The number of nitrogens with zero attached hydrogens (tertiary/aromatic N) is 1. The van der Waals surface area contributed by atoms with E-state index in [-0.39, 0.29) is 0 Å². The van der Waals surface area contributed by atoms with Gasteiger partial charge >= 0.3 is 78.1 Å². The number of hydrogen-bond donors (Lipinski definition) is 1. The minimum absolute atomic E-state index is 0.441. The Kier molecular flexibility index (Phi) is 2.34. The number of nitrogens with one attached hydrogen (secondary N) is 1. The third-order valence-electron chi connectivity index (χ3n) is 2.30. The van der Waals surface area contributed by atoms with E-state index in [1.165, 1.54) is 36.8 Å². The zero-order valence-corrected chi connectivity index (χ0v) is 8.80. The molecule has 0 aromatic carbocycles. The molecule has 0 saturated carbocycles. The van der Waals surface area contributed by atoms with Crippen LogP contribution in [0.5, 0.6) is 0 Å². The quantitative estimate of drug-likeness (QED) is 0.250. The summed E-state index contributed by atoms with van der Waals surface area (Å²) in [6.45, 7) is 2.33. The maximum atomic E-state index is 7.85. The van der Waals surface area contributed by atoms with E-state index in [4.69, 9.17) is 5.41 Å². The number of hydrogen-bond acceptors (Lipinski definition) is 1. The van der Waals surface area contributed by atoms with Gasteiger partial charge in [-0.2, -0.15) is 0 Å². The molecule has 1 atom stereocenters. The standard InChI is InChI=1S/C8H14IN2/c10-8(7-6-9-7)11-4-2-1-3-5-11/h7,10H,1-6H2/q-1. The first-order valence-corrected chi connectivity index (χ1v) is 7.06. The summed E-state index contributed by atoms with van der Waals surface area (Å²) in [5, 5.41) is 7.85. The average molecular weight is 265 g/mol. The molecule has 0 spiro atoms. The van der Waals surface area contributed by atoms with Crippen LogP contribution in [-0.2, 0) is 0 Å². The van der Waals surface area contributed by atoms with E-state index in [0.717, 1.165) is 9.76 Å². The van der Waals surface area contributed by atoms with Crippen molar-refractivity contribution in [1.82, 2.24) is 4.90 Å². The molecule has 0 amide bonds. The first-order chi connectivity index (χ1) is 5.38. The van der Waals surface area contributed by atoms with Gasteiger partial charge in [-0.3, -0.25) is 0 Å². The van der Waals surface area contributed by atoms with E-state index in [1.807, 2.05) is 0 Å². The summed E-state index contributed by atoms with van der Waals surface area (Å²) in [5.41, 5.74) is 0. The van der Waals surface area contributed by atoms with Crippen molar-refractivity contribution in [2.24, 2.45) is 0 Å². The molecule has 1 unspecified atom stereocenters. The van der Waals surface area contributed by atoms with Crippen LogP contribution in [-0.4, -0.2) is 32.2 Å². The van der Waals surface area contributed by atoms with Crippen LogP contribution >= 0.6 is 0 Å². The number of alkyl halides is 2. The Morgan fingerprint density at radius 1 is 1.27 bits per heavy atom. The third kappa shape index (κ3) is 1.86. The second kappa shape index (κ2) is 3.29. The van der Waals surface area contributed by atoms with Gasteiger partial charge in [-0.25, -0.2) is 0 Å². The molecule has 2 heterocycles. The van der Waals surface area contributed by atoms with Crippen molar-refractivity contribution in [1.29, 1.82) is 5.41 Å². The molecule has 0 radical (unpaired) electrons. The normalized spacial score (nSPS) is 30.9. The summed E-state index contributed by atoms with van der Waals surface area (Å²) in [6, 6.07) is 0. The number of rotatable bonds is 1. The van der Waals surface area contributed by atoms with Gasteiger partial charge in [0.15, 0.2) is 0 Å². The molecular formula is C8H14IN2-. The number of amidine groups is 1. The van der Waals surface area contributed by atoms with Crippen LogP contribution in [0.25, 0.3) is 0 Å². The van der Waals surface area contributed by atoms with Crippen molar-refractivity contribution in [3.8, 4) is 0 Å². The van der Waals surface area contributed by atoms with Crippen LogP contribution in [0.4, 0.5) is 0 Å². The third-order valence-corrected chi connectivity index (χ3v) is 4.65. The van der Waals surface area contributed by atoms with Gasteiger partial charge in [0, 0.05) is 0 Å². The summed E-state index contributed by atoms with van der Waals surface area (Å²) in [6.07, 6.45) is 4.00. The van der Waals surface area contributed by atoms with Gasteiger partial charge in [0.1, 0.15) is 0 Å². The first-order valence-electron chi connectivity index (χ1n) is 4.29. The molecule has 2 aliphatic rings. The van der Waals surface area contributed by atoms with E-state index >= 15 is 0 Å². The van der Waals surface area contributed by atoms with Gasteiger partial charge in [0.2, 0.25) is 0 Å². The van der Waals surface area contributed by atoms with E-state index in [9.17, 15) is 0 Å². The first kappa shape index (κ1) is 7.83. The topological polar surface area (TPSA) is 27.1 Å². The Hall–Kier alpha value is 0.200. The summed E-state index contributed by atoms with van der Waals surface area (Å²) in [7, 11) is 0. The van der Waals surface area contributed by atoms with Crippen molar-refractivity contribution in [2.45, 2.75) is 23.2 Å². The van der Waals surface area contributed by atoms with Gasteiger partial charge in [-0.1, -0.05) is 0 Å². The molecule has 0 aromatic heterocycles. The van der Waals surface area contributed by atoms with E-state index in [1.54, 1.807) is 0 Å². The average Bonchev–Trinajstić information content (AvgIpc) is 2.87. The molecule has 11 heavy (non-hydrogen) atoms. The van der Waals surface area contributed by atoms with Gasteiger partial charge < -0.3 is 0 Å². The van der Waals surface area contributed by atoms with Gasteiger partial charge in [0.05, 0.1) is 0 Å². The maximum absolute atomic E-state index is 7.85. The second-order valence-corrected chi connectivity index (χ2v) is 6.47. The molecule has 0 aliphatic carbocycles. The van der Waals surface area contributed by atoms with Gasteiger partial charge in [-0.05, 0) is 0 Å². The molecular weight excluding hydrogens is 251 g/mol. The van der Waals surface area contributed by atoms with Gasteiger partial charge in [-0.15, -0.1) is 0 Å². The molecule has 2 rings (SSSR count). The number of halogens is 1. The summed E-state index contributed by atoms with van der Waals surface area (Å²) < 4.78 is 2.14. The van der Waals surface area contributed by atoms with Crippen LogP contribution in [0.15, 0.2) is 0 Å². The van der Waals surface area contributed by atoms with Crippen molar-refractivity contribution >= 4 is 5.84 Å². The summed E-state index contributed by atoms with van der Waals surface area (Å²) in [5.74, 6) is 0.984. The SMILES string of the molecule is N=C(C1C[I-]1)N1CCCCC1. The fourth-order valence-corrected chi connectivity index (χ4v) is 3.01. The molecule has 2 aliphatic heterocycles. The molecule has 2 saturated heterocycles. The number of piperidine rings is 1. The fraction of sp³-hybridized carbons (Fsp3) is 0.875. The van der Waals surface area contributed by atoms with E-state index in [2.05, 4.69) is 4.90 Å². The second-order valence-electron chi connectivity index (χ2n) is 3.21. The Bertz CT molecular complexity index is 159. The van der Waals surface area contributed by atoms with Crippen LogP contribution in [0.3, 0.4) is 0 Å². The molecule has 2 nitrogen and oxygen atoms in total. The molecule has 0 aromatic rings. The zero-order chi connectivity index (χ0) is 7.68. The summed E-state index contributed by atoms with van der Waals surface area (Å²) in [4.78, 5) is 2.31. The zero-order valence-electron chi connectivity index (χ0n) is 6.65. The van der Waals surface area contributed by atoms with Crippen LogP contribution < -0.4 is 21.2 Å². The minimum atomic E-state index is 0.441. The fourth-order valence-electron chi connectivity index (χ4n) is 1.52. The van der Waals surface area contributed by atoms with Crippen LogP contribution in [0.2, 0.25) is 0 Å². The monoisotopic (exact) mass is 265 g/mol. The number of likely N-dealkylation sites (tertiary alicyclic amines) is 1. The molecule has 0 bridgehead atoms. The Morgan fingerprint density at radius 3 is 2.45 bits per heavy atom. The van der Waals surface area contributed by atoms with Gasteiger partial charge in [0.25, 0.3) is 0 Å². The van der Waals surface area contributed by atoms with Crippen molar-refractivity contribution < 1.29 is 21.2 Å². The van der Waals surface area contributed by atoms with Crippen molar-refractivity contribution in [3.63, 3.8) is 0 Å².